The number of halogens is 1. The second-order valence-corrected chi connectivity index (χ2v) is 7.98. The molecule has 1 heterocycles. The summed E-state index contributed by atoms with van der Waals surface area (Å²) in [5, 5.41) is 11.5. The summed E-state index contributed by atoms with van der Waals surface area (Å²) in [6.45, 7) is 1.90. The zero-order valence-corrected chi connectivity index (χ0v) is 19.1. The molecule has 1 atom stereocenters. The molecule has 0 saturated carbocycles. The number of ketones is 1. The average Bonchev–Trinajstić information content (AvgIpc) is 3.09. The van der Waals surface area contributed by atoms with E-state index in [-0.39, 0.29) is 16.4 Å². The number of amides is 1. The van der Waals surface area contributed by atoms with E-state index in [9.17, 15) is 14.7 Å². The number of hydrogen-bond donors (Lipinski definition) is 1. The fourth-order valence-corrected chi connectivity index (χ4v) is 4.26. The summed E-state index contributed by atoms with van der Waals surface area (Å²) in [6.07, 6.45) is 0. The molecule has 0 aromatic heterocycles. The maximum atomic E-state index is 13.2. The Morgan fingerprint density at radius 1 is 0.970 bits per heavy atom. The van der Waals surface area contributed by atoms with E-state index in [0.717, 1.165) is 11.1 Å². The molecule has 3 aromatic rings. The van der Waals surface area contributed by atoms with Gasteiger partial charge >= 0.3 is 0 Å². The first-order valence-corrected chi connectivity index (χ1v) is 10.6. The Kier molecular flexibility index (Phi) is 6.11. The molecule has 1 aliphatic heterocycles. The summed E-state index contributed by atoms with van der Waals surface area (Å²) < 4.78 is 10.4. The summed E-state index contributed by atoms with van der Waals surface area (Å²) in [7, 11) is 3.04. The molecule has 6 nitrogen and oxygen atoms in total. The third-order valence-corrected chi connectivity index (χ3v) is 6.00. The SMILES string of the molecule is COc1ccc(N2C(=O)C(=O)/C(=C(/O)c3ccc(OC)c(Cl)c3)C2c2ccccc2C)cc1. The number of nitrogens with zero attached hydrogens (tertiary/aromatic N) is 1. The number of carbonyl (C=O) groups is 2. The third-order valence-electron chi connectivity index (χ3n) is 5.70. The average molecular weight is 464 g/mol. The molecule has 1 aliphatic rings. The molecule has 7 heteroatoms. The molecule has 33 heavy (non-hydrogen) atoms. The van der Waals surface area contributed by atoms with Crippen molar-refractivity contribution in [3.05, 3.63) is 94.0 Å². The Morgan fingerprint density at radius 3 is 2.27 bits per heavy atom. The first-order valence-electron chi connectivity index (χ1n) is 10.2. The van der Waals surface area contributed by atoms with Gasteiger partial charge in [0.1, 0.15) is 17.3 Å². The van der Waals surface area contributed by atoms with Crippen LogP contribution in [0.1, 0.15) is 22.7 Å². The van der Waals surface area contributed by atoms with Gasteiger partial charge in [0.25, 0.3) is 11.7 Å². The molecular weight excluding hydrogens is 442 g/mol. The molecule has 0 aliphatic carbocycles. The van der Waals surface area contributed by atoms with Gasteiger partial charge in [0.2, 0.25) is 0 Å². The van der Waals surface area contributed by atoms with E-state index in [0.29, 0.717) is 22.7 Å². The highest BCUT2D eigenvalue weighted by molar-refractivity contribution is 6.51. The van der Waals surface area contributed by atoms with Gasteiger partial charge in [0.15, 0.2) is 0 Å². The molecular formula is C26H22ClNO5. The molecule has 0 spiro atoms. The lowest BCUT2D eigenvalue weighted by molar-refractivity contribution is -0.132. The maximum Gasteiger partial charge on any atom is 0.300 e. The van der Waals surface area contributed by atoms with E-state index in [4.69, 9.17) is 21.1 Å². The molecule has 1 unspecified atom stereocenters. The minimum Gasteiger partial charge on any atom is -0.507 e. The standard InChI is InChI=1S/C26H22ClNO5/c1-15-6-4-5-7-19(15)23-22(24(29)16-8-13-21(33-3)20(27)14-16)25(30)26(31)28(23)17-9-11-18(32-2)12-10-17/h4-14,23,29H,1-3H3/b24-22+. The van der Waals surface area contributed by atoms with E-state index in [1.54, 1.807) is 43.5 Å². The van der Waals surface area contributed by atoms with Crippen molar-refractivity contribution in [2.24, 2.45) is 0 Å². The fraction of sp³-hybridized carbons (Fsp3) is 0.154. The van der Waals surface area contributed by atoms with Crippen molar-refractivity contribution in [1.82, 2.24) is 0 Å². The van der Waals surface area contributed by atoms with Gasteiger partial charge in [-0.1, -0.05) is 35.9 Å². The van der Waals surface area contributed by atoms with Crippen molar-refractivity contribution in [3.63, 3.8) is 0 Å². The smallest absolute Gasteiger partial charge is 0.300 e. The first-order chi connectivity index (χ1) is 15.9. The lowest BCUT2D eigenvalue weighted by Gasteiger charge is -2.26. The van der Waals surface area contributed by atoms with Crippen molar-refractivity contribution in [1.29, 1.82) is 0 Å². The van der Waals surface area contributed by atoms with Gasteiger partial charge in [-0.2, -0.15) is 0 Å². The summed E-state index contributed by atoms with van der Waals surface area (Å²) in [5.41, 5.74) is 2.42. The van der Waals surface area contributed by atoms with Gasteiger partial charge in [-0.05, 0) is 60.5 Å². The van der Waals surface area contributed by atoms with Gasteiger partial charge in [-0.3, -0.25) is 14.5 Å². The van der Waals surface area contributed by atoms with Crippen LogP contribution in [0.15, 0.2) is 72.3 Å². The second kappa shape index (κ2) is 9.00. The summed E-state index contributed by atoms with van der Waals surface area (Å²) in [5.74, 6) is -0.752. The largest absolute Gasteiger partial charge is 0.507 e. The molecule has 1 fully saturated rings. The fourth-order valence-electron chi connectivity index (χ4n) is 4.00. The number of aliphatic hydroxyl groups excluding tert-OH is 1. The Labute approximate surface area is 196 Å². The van der Waals surface area contributed by atoms with E-state index in [2.05, 4.69) is 0 Å². The molecule has 1 amide bonds. The molecule has 4 rings (SSSR count). The number of hydrogen-bond acceptors (Lipinski definition) is 5. The lowest BCUT2D eigenvalue weighted by atomic mass is 9.92. The zero-order chi connectivity index (χ0) is 23.7. The van der Waals surface area contributed by atoms with Gasteiger partial charge in [0.05, 0.1) is 30.9 Å². The molecule has 1 saturated heterocycles. The molecule has 3 aromatic carbocycles. The third kappa shape index (κ3) is 3.94. The second-order valence-electron chi connectivity index (χ2n) is 7.57. The van der Waals surface area contributed by atoms with Crippen LogP contribution in [0.25, 0.3) is 5.76 Å². The molecule has 0 radical (unpaired) electrons. The predicted octanol–water partition coefficient (Wildman–Crippen LogP) is 5.29. The van der Waals surface area contributed by atoms with Crippen molar-refractivity contribution in [2.75, 3.05) is 19.1 Å². The van der Waals surface area contributed by atoms with Crippen LogP contribution < -0.4 is 14.4 Å². The minimum atomic E-state index is -0.819. The van der Waals surface area contributed by atoms with Gasteiger partial charge in [-0.15, -0.1) is 0 Å². The normalized spacial score (nSPS) is 17.3. The number of rotatable bonds is 5. The quantitative estimate of drug-likeness (QED) is 0.316. The van der Waals surface area contributed by atoms with Crippen LogP contribution in [0.5, 0.6) is 11.5 Å². The zero-order valence-electron chi connectivity index (χ0n) is 18.3. The van der Waals surface area contributed by atoms with E-state index in [1.807, 2.05) is 31.2 Å². The number of aryl methyl sites for hydroxylation is 1. The van der Waals surface area contributed by atoms with E-state index < -0.39 is 17.7 Å². The number of benzene rings is 3. The Hall–Kier alpha value is -3.77. The number of ether oxygens (including phenoxy) is 2. The number of Topliss-reactive ketones (excluding diaryl/α,β-unsaturated/α-hetero) is 1. The summed E-state index contributed by atoms with van der Waals surface area (Å²) in [6, 6.07) is 18.2. The van der Waals surface area contributed by atoms with Gasteiger partial charge in [-0.25, -0.2) is 0 Å². The van der Waals surface area contributed by atoms with Crippen LogP contribution in [0, 0.1) is 6.92 Å². The van der Waals surface area contributed by atoms with Crippen molar-refractivity contribution in [2.45, 2.75) is 13.0 Å². The van der Waals surface area contributed by atoms with E-state index >= 15 is 0 Å². The first kappa shape index (κ1) is 22.4. The highest BCUT2D eigenvalue weighted by Crippen LogP contribution is 2.43. The highest BCUT2D eigenvalue weighted by Gasteiger charge is 2.47. The van der Waals surface area contributed by atoms with Crippen LogP contribution in [-0.2, 0) is 9.59 Å². The van der Waals surface area contributed by atoms with Gasteiger partial charge in [0, 0.05) is 11.3 Å². The number of carbonyl (C=O) groups excluding carboxylic acids is 2. The van der Waals surface area contributed by atoms with E-state index in [1.165, 1.54) is 18.1 Å². The van der Waals surface area contributed by atoms with Crippen LogP contribution >= 0.6 is 11.6 Å². The van der Waals surface area contributed by atoms with Crippen LogP contribution in [0.2, 0.25) is 5.02 Å². The highest BCUT2D eigenvalue weighted by atomic mass is 35.5. The van der Waals surface area contributed by atoms with Crippen LogP contribution in [0.4, 0.5) is 5.69 Å². The topological polar surface area (TPSA) is 76.1 Å². The van der Waals surface area contributed by atoms with Crippen LogP contribution in [0.3, 0.4) is 0 Å². The Balaban J connectivity index is 1.94. The van der Waals surface area contributed by atoms with Crippen molar-refractivity contribution in [3.8, 4) is 11.5 Å². The van der Waals surface area contributed by atoms with Crippen molar-refractivity contribution >= 4 is 34.7 Å². The Morgan fingerprint density at radius 2 is 1.67 bits per heavy atom. The lowest BCUT2D eigenvalue weighted by Crippen LogP contribution is -2.29. The number of methoxy groups -OCH3 is 2. The summed E-state index contributed by atoms with van der Waals surface area (Å²) in [4.78, 5) is 27.9. The van der Waals surface area contributed by atoms with Crippen molar-refractivity contribution < 1.29 is 24.2 Å². The molecule has 1 N–H and O–H groups in total. The molecule has 168 valence electrons. The predicted molar refractivity (Wildman–Crippen MR) is 127 cm³/mol. The number of anilines is 1. The molecule has 0 bridgehead atoms. The minimum absolute atomic E-state index is 0.00801. The van der Waals surface area contributed by atoms with Crippen LogP contribution in [-0.4, -0.2) is 31.0 Å². The maximum absolute atomic E-state index is 13.2. The Bertz CT molecular complexity index is 1270. The number of aliphatic hydroxyl groups is 1. The van der Waals surface area contributed by atoms with Gasteiger partial charge < -0.3 is 14.6 Å². The monoisotopic (exact) mass is 463 g/mol. The summed E-state index contributed by atoms with van der Waals surface area (Å²) >= 11 is 6.24.